The van der Waals surface area contributed by atoms with Crippen LogP contribution in [0.1, 0.15) is 16.8 Å². The molecule has 1 aromatic rings. The summed E-state index contributed by atoms with van der Waals surface area (Å²) in [5.74, 6) is -0.645. The van der Waals surface area contributed by atoms with Crippen molar-refractivity contribution in [2.75, 3.05) is 19.7 Å². The predicted octanol–water partition coefficient (Wildman–Crippen LogP) is 0.568. The van der Waals surface area contributed by atoms with Crippen molar-refractivity contribution < 1.29 is 14.7 Å². The summed E-state index contributed by atoms with van der Waals surface area (Å²) in [7, 11) is 0. The van der Waals surface area contributed by atoms with E-state index in [1.807, 2.05) is 0 Å². The largest absolute Gasteiger partial charge is 0.396 e. The van der Waals surface area contributed by atoms with Crippen molar-refractivity contribution in [2.24, 2.45) is 0 Å². The molecule has 0 heterocycles. The normalized spacial score (nSPS) is 9.89. The Kier molecular flexibility index (Phi) is 6.18. The van der Waals surface area contributed by atoms with Gasteiger partial charge in [-0.15, -0.1) is 0 Å². The molecule has 2 amide bonds. The number of hydrogen-bond donors (Lipinski definition) is 3. The summed E-state index contributed by atoms with van der Waals surface area (Å²) in [6.07, 6.45) is 0.494. The molecule has 0 unspecified atom stereocenters. The lowest BCUT2D eigenvalue weighted by Gasteiger charge is -2.06. The van der Waals surface area contributed by atoms with Gasteiger partial charge in [0.15, 0.2) is 0 Å². The maximum atomic E-state index is 11.6. The van der Waals surface area contributed by atoms with Gasteiger partial charge in [0.05, 0.1) is 6.54 Å². The highest BCUT2D eigenvalue weighted by Crippen LogP contribution is 2.10. The van der Waals surface area contributed by atoms with E-state index < -0.39 is 0 Å². The van der Waals surface area contributed by atoms with Gasteiger partial charge in [-0.05, 0) is 24.6 Å². The number of aliphatic hydroxyl groups excluding tert-OH is 1. The molecule has 0 aliphatic rings. The number of hydrogen-bond acceptors (Lipinski definition) is 3. The lowest BCUT2D eigenvalue weighted by atomic mass is 10.2. The summed E-state index contributed by atoms with van der Waals surface area (Å²) in [6, 6.07) is 6.48. The number of halogens is 1. The van der Waals surface area contributed by atoms with Gasteiger partial charge in [-0.25, -0.2) is 0 Å². The van der Waals surface area contributed by atoms with Crippen LogP contribution in [-0.2, 0) is 4.79 Å². The van der Waals surface area contributed by atoms with Crippen molar-refractivity contribution in [3.05, 3.63) is 34.9 Å². The Balaban J connectivity index is 2.35. The first-order valence-electron chi connectivity index (χ1n) is 5.55. The second kappa shape index (κ2) is 7.68. The molecule has 0 spiro atoms. The maximum absolute atomic E-state index is 11.6. The number of benzene rings is 1. The number of rotatable bonds is 6. The van der Waals surface area contributed by atoms with E-state index in [-0.39, 0.29) is 25.0 Å². The summed E-state index contributed by atoms with van der Waals surface area (Å²) in [4.78, 5) is 22.9. The van der Waals surface area contributed by atoms with Gasteiger partial charge in [-0.2, -0.15) is 0 Å². The Bertz CT molecular complexity index is 424. The molecule has 98 valence electrons. The first-order chi connectivity index (χ1) is 8.63. The van der Waals surface area contributed by atoms with E-state index in [9.17, 15) is 9.59 Å². The van der Waals surface area contributed by atoms with Gasteiger partial charge in [0.25, 0.3) is 5.91 Å². The lowest BCUT2D eigenvalue weighted by molar-refractivity contribution is -0.120. The monoisotopic (exact) mass is 270 g/mol. The molecule has 0 aliphatic heterocycles. The number of nitrogens with one attached hydrogen (secondary N) is 2. The molecule has 0 aromatic heterocycles. The molecule has 5 nitrogen and oxygen atoms in total. The Morgan fingerprint density at radius 3 is 2.72 bits per heavy atom. The van der Waals surface area contributed by atoms with Crippen LogP contribution in [0.25, 0.3) is 0 Å². The molecule has 0 aliphatic carbocycles. The van der Waals surface area contributed by atoms with Crippen LogP contribution in [0, 0.1) is 0 Å². The van der Waals surface area contributed by atoms with E-state index >= 15 is 0 Å². The second-order valence-corrected chi connectivity index (χ2v) is 4.06. The van der Waals surface area contributed by atoms with Crippen molar-refractivity contribution in [3.63, 3.8) is 0 Å². The van der Waals surface area contributed by atoms with Gasteiger partial charge < -0.3 is 15.7 Å². The second-order valence-electron chi connectivity index (χ2n) is 3.62. The van der Waals surface area contributed by atoms with Crippen molar-refractivity contribution in [3.8, 4) is 0 Å². The molecule has 0 bridgehead atoms. The fourth-order valence-corrected chi connectivity index (χ4v) is 1.45. The summed E-state index contributed by atoms with van der Waals surface area (Å²) in [5.41, 5.74) is 0.408. The van der Waals surface area contributed by atoms with Gasteiger partial charge in [0.1, 0.15) is 0 Å². The molecule has 3 N–H and O–H groups in total. The Hall–Kier alpha value is -1.59. The smallest absolute Gasteiger partial charge is 0.251 e. The third-order valence-electron chi connectivity index (χ3n) is 2.15. The van der Waals surface area contributed by atoms with Crippen LogP contribution in [0.5, 0.6) is 0 Å². The van der Waals surface area contributed by atoms with Crippen molar-refractivity contribution in [1.29, 1.82) is 0 Å². The quantitative estimate of drug-likeness (QED) is 0.661. The predicted molar refractivity (Wildman–Crippen MR) is 68.5 cm³/mol. The number of amides is 2. The average molecular weight is 271 g/mol. The minimum Gasteiger partial charge on any atom is -0.396 e. The third kappa shape index (κ3) is 5.16. The van der Waals surface area contributed by atoms with E-state index in [0.29, 0.717) is 23.6 Å². The summed E-state index contributed by atoms with van der Waals surface area (Å²) in [6.45, 7) is 0.314. The minimum absolute atomic E-state index is 0.0230. The zero-order chi connectivity index (χ0) is 13.4. The number of aliphatic hydroxyl groups is 1. The molecule has 1 rings (SSSR count). The van der Waals surface area contributed by atoms with Gasteiger partial charge in [0, 0.05) is 23.7 Å². The van der Waals surface area contributed by atoms with Crippen LogP contribution in [0.3, 0.4) is 0 Å². The van der Waals surface area contributed by atoms with Crippen molar-refractivity contribution in [2.45, 2.75) is 6.42 Å². The topological polar surface area (TPSA) is 78.4 Å². The van der Waals surface area contributed by atoms with E-state index in [0.717, 1.165) is 0 Å². The van der Waals surface area contributed by atoms with Gasteiger partial charge in [-0.3, -0.25) is 9.59 Å². The van der Waals surface area contributed by atoms with Crippen molar-refractivity contribution in [1.82, 2.24) is 10.6 Å². The standard InChI is InChI=1S/C12H15ClN2O3/c13-10-4-1-3-9(7-10)12(18)15-8-11(17)14-5-2-6-16/h1,3-4,7,16H,2,5-6,8H2,(H,14,17)(H,15,18). The molecule has 0 radical (unpaired) electrons. The van der Waals surface area contributed by atoms with Crippen LogP contribution in [0.15, 0.2) is 24.3 Å². The van der Waals surface area contributed by atoms with E-state index in [1.54, 1.807) is 18.2 Å². The number of carbonyl (C=O) groups excluding carboxylic acids is 2. The molecule has 18 heavy (non-hydrogen) atoms. The first-order valence-corrected chi connectivity index (χ1v) is 5.92. The maximum Gasteiger partial charge on any atom is 0.251 e. The molecule has 1 aromatic carbocycles. The van der Waals surface area contributed by atoms with Crippen molar-refractivity contribution >= 4 is 23.4 Å². The highest BCUT2D eigenvalue weighted by atomic mass is 35.5. The fourth-order valence-electron chi connectivity index (χ4n) is 1.26. The molecular formula is C12H15ClN2O3. The molecule has 0 saturated carbocycles. The summed E-state index contributed by atoms with van der Waals surface area (Å²) < 4.78 is 0. The molecule has 6 heteroatoms. The van der Waals surface area contributed by atoms with Crippen LogP contribution < -0.4 is 10.6 Å². The molecule has 0 atom stereocenters. The fraction of sp³-hybridized carbons (Fsp3) is 0.333. The Morgan fingerprint density at radius 2 is 2.06 bits per heavy atom. The third-order valence-corrected chi connectivity index (χ3v) is 2.39. The van der Waals surface area contributed by atoms with Crippen LogP contribution in [0.2, 0.25) is 5.02 Å². The Labute approximate surface area is 110 Å². The molecule has 0 saturated heterocycles. The van der Waals surface area contributed by atoms with E-state index in [1.165, 1.54) is 6.07 Å². The van der Waals surface area contributed by atoms with Gasteiger partial charge >= 0.3 is 0 Å². The van der Waals surface area contributed by atoms with Crippen LogP contribution in [0.4, 0.5) is 0 Å². The SMILES string of the molecule is O=C(CNC(=O)c1cccc(Cl)c1)NCCCO. The summed E-state index contributed by atoms with van der Waals surface area (Å²) >= 11 is 5.75. The van der Waals surface area contributed by atoms with Crippen LogP contribution in [-0.4, -0.2) is 36.6 Å². The first kappa shape index (κ1) is 14.5. The van der Waals surface area contributed by atoms with Gasteiger partial charge in [-0.1, -0.05) is 17.7 Å². The zero-order valence-corrected chi connectivity index (χ0v) is 10.5. The molecule has 0 fully saturated rings. The lowest BCUT2D eigenvalue weighted by Crippen LogP contribution is -2.37. The zero-order valence-electron chi connectivity index (χ0n) is 9.78. The number of carbonyl (C=O) groups is 2. The van der Waals surface area contributed by atoms with E-state index in [2.05, 4.69) is 10.6 Å². The summed E-state index contributed by atoms with van der Waals surface area (Å²) in [5, 5.41) is 14.0. The molecular weight excluding hydrogens is 256 g/mol. The Morgan fingerprint density at radius 1 is 1.28 bits per heavy atom. The van der Waals surface area contributed by atoms with Crippen LogP contribution >= 0.6 is 11.6 Å². The average Bonchev–Trinajstić information content (AvgIpc) is 2.36. The highest BCUT2D eigenvalue weighted by Gasteiger charge is 2.07. The van der Waals surface area contributed by atoms with Gasteiger partial charge in [0.2, 0.25) is 5.91 Å². The highest BCUT2D eigenvalue weighted by molar-refractivity contribution is 6.30. The minimum atomic E-state index is -0.352. The van der Waals surface area contributed by atoms with E-state index in [4.69, 9.17) is 16.7 Å².